The Hall–Kier alpha value is -2.46. The van der Waals surface area contributed by atoms with E-state index in [1.54, 1.807) is 30.3 Å². The molecular weight excluding hydrogens is 486 g/mol. The van der Waals surface area contributed by atoms with Crippen LogP contribution in [0.25, 0.3) is 0 Å². The highest BCUT2D eigenvalue weighted by Gasteiger charge is 2.20. The summed E-state index contributed by atoms with van der Waals surface area (Å²) in [6, 6.07) is 11.0. The highest BCUT2D eigenvalue weighted by molar-refractivity contribution is 7.09. The molecule has 1 aromatic heterocycles. The smallest absolute Gasteiger partial charge is 0.319 e. The summed E-state index contributed by atoms with van der Waals surface area (Å²) in [7, 11) is 0. The number of anilines is 2. The summed E-state index contributed by atoms with van der Waals surface area (Å²) in [6.45, 7) is 4.72. The van der Waals surface area contributed by atoms with Crippen LogP contribution in [0.15, 0.2) is 42.5 Å². The maximum atomic E-state index is 13.1. The molecule has 2 heterocycles. The lowest BCUT2D eigenvalue weighted by molar-refractivity contribution is 0.240. The summed E-state index contributed by atoms with van der Waals surface area (Å²) >= 11 is 13.3. The maximum absolute atomic E-state index is 13.1. The second-order valence-electron chi connectivity index (χ2n) is 7.63. The molecule has 2 aromatic carbocycles. The fraction of sp³-hybridized carbons (Fsp3) is 0.318. The highest BCUT2D eigenvalue weighted by atomic mass is 35.5. The molecule has 0 radical (unpaired) electrons. The van der Waals surface area contributed by atoms with Crippen molar-refractivity contribution in [2.24, 2.45) is 0 Å². The minimum atomic E-state index is -0.305. The number of rotatable bonds is 7. The monoisotopic (exact) mass is 508 g/mol. The molecule has 4 rings (SSSR count). The van der Waals surface area contributed by atoms with Crippen molar-refractivity contribution >= 4 is 51.6 Å². The Morgan fingerprint density at radius 2 is 1.85 bits per heavy atom. The summed E-state index contributed by atoms with van der Waals surface area (Å²) in [5.74, 6) is 0.505. The van der Waals surface area contributed by atoms with Gasteiger partial charge in [0.1, 0.15) is 11.6 Å². The van der Waals surface area contributed by atoms with Crippen LogP contribution in [0, 0.1) is 5.82 Å². The van der Waals surface area contributed by atoms with E-state index in [2.05, 4.69) is 29.8 Å². The number of piperazine rings is 1. The van der Waals surface area contributed by atoms with Gasteiger partial charge in [0.25, 0.3) is 0 Å². The lowest BCUT2D eigenvalue weighted by atomic mass is 10.1. The Kier molecular flexibility index (Phi) is 7.97. The van der Waals surface area contributed by atoms with Crippen LogP contribution < -0.4 is 15.5 Å². The average Bonchev–Trinajstić information content (AvgIpc) is 3.26. The molecule has 0 atom stereocenters. The van der Waals surface area contributed by atoms with Crippen LogP contribution in [0.2, 0.25) is 10.0 Å². The van der Waals surface area contributed by atoms with Gasteiger partial charge < -0.3 is 15.5 Å². The van der Waals surface area contributed by atoms with E-state index in [1.807, 2.05) is 0 Å². The second kappa shape index (κ2) is 11.1. The number of urea groups is 1. The quantitative estimate of drug-likeness (QED) is 0.490. The molecule has 174 valence electrons. The normalized spacial score (nSPS) is 14.3. The van der Waals surface area contributed by atoms with Gasteiger partial charge in [-0.1, -0.05) is 35.3 Å². The summed E-state index contributed by atoms with van der Waals surface area (Å²) in [4.78, 5) is 21.3. The number of amides is 2. The first-order valence-electron chi connectivity index (χ1n) is 10.5. The van der Waals surface area contributed by atoms with Crippen molar-refractivity contribution in [3.05, 3.63) is 69.7 Å². The second-order valence-corrected chi connectivity index (χ2v) is 9.20. The molecule has 33 heavy (non-hydrogen) atoms. The summed E-state index contributed by atoms with van der Waals surface area (Å²) in [5, 5.41) is 7.40. The topological polar surface area (TPSA) is 73.4 Å². The van der Waals surface area contributed by atoms with E-state index in [0.29, 0.717) is 28.7 Å². The highest BCUT2D eigenvalue weighted by Crippen LogP contribution is 2.25. The van der Waals surface area contributed by atoms with Gasteiger partial charge in [0.2, 0.25) is 5.13 Å². The van der Waals surface area contributed by atoms with E-state index in [-0.39, 0.29) is 11.8 Å². The molecule has 2 N–H and O–H groups in total. The number of aromatic nitrogens is 2. The molecule has 7 nitrogen and oxygen atoms in total. The summed E-state index contributed by atoms with van der Waals surface area (Å²) < 4.78 is 17.5. The van der Waals surface area contributed by atoms with Gasteiger partial charge >= 0.3 is 6.03 Å². The number of hydrogen-bond donors (Lipinski definition) is 2. The number of nitrogens with one attached hydrogen (secondary N) is 2. The van der Waals surface area contributed by atoms with E-state index < -0.39 is 0 Å². The minimum absolute atomic E-state index is 0.245. The van der Waals surface area contributed by atoms with Crippen molar-refractivity contribution in [2.75, 3.05) is 49.5 Å². The van der Waals surface area contributed by atoms with Gasteiger partial charge in [0.05, 0.1) is 10.7 Å². The lowest BCUT2D eigenvalue weighted by Crippen LogP contribution is -2.48. The van der Waals surface area contributed by atoms with Crippen LogP contribution >= 0.6 is 34.7 Å². The fourth-order valence-electron chi connectivity index (χ4n) is 3.48. The Bertz CT molecular complexity index is 1090. The fourth-order valence-corrected chi connectivity index (χ4v) is 4.67. The predicted molar refractivity (Wildman–Crippen MR) is 131 cm³/mol. The summed E-state index contributed by atoms with van der Waals surface area (Å²) in [6.07, 6.45) is 0.589. The molecule has 0 aliphatic carbocycles. The van der Waals surface area contributed by atoms with Gasteiger partial charge in [-0.3, -0.25) is 4.90 Å². The van der Waals surface area contributed by atoms with Crippen LogP contribution in [-0.4, -0.2) is 59.6 Å². The van der Waals surface area contributed by atoms with Crippen molar-refractivity contribution < 1.29 is 9.18 Å². The van der Waals surface area contributed by atoms with E-state index in [0.717, 1.165) is 49.2 Å². The van der Waals surface area contributed by atoms with E-state index >= 15 is 0 Å². The Morgan fingerprint density at radius 3 is 2.58 bits per heavy atom. The van der Waals surface area contributed by atoms with Crippen molar-refractivity contribution in [3.8, 4) is 0 Å². The van der Waals surface area contributed by atoms with Crippen molar-refractivity contribution in [1.29, 1.82) is 0 Å². The standard InChI is InChI=1S/C22H23Cl2FN6OS/c23-16-3-6-19(18(24)14-16)27-21(32)26-7-8-30-9-11-31(12-10-30)22-28-20(29-33-22)13-15-1-4-17(25)5-2-15/h1-6,14H,7-13H2,(H2,26,27,32). The van der Waals surface area contributed by atoms with Gasteiger partial charge in [-0.15, -0.1) is 0 Å². The molecule has 1 fully saturated rings. The Balaban J connectivity index is 1.17. The van der Waals surface area contributed by atoms with Gasteiger partial charge in [-0.25, -0.2) is 14.2 Å². The molecule has 0 unspecified atom stereocenters. The first kappa shape index (κ1) is 23.7. The molecular formula is C22H23Cl2FN6OS. The number of nitrogens with zero attached hydrogens (tertiary/aromatic N) is 4. The average molecular weight is 509 g/mol. The molecule has 3 aromatic rings. The van der Waals surface area contributed by atoms with Crippen LogP contribution in [0.1, 0.15) is 11.4 Å². The number of benzene rings is 2. The Labute approximate surface area is 205 Å². The first-order valence-corrected chi connectivity index (χ1v) is 12.0. The third-order valence-electron chi connectivity index (χ3n) is 5.27. The zero-order valence-electron chi connectivity index (χ0n) is 17.7. The molecule has 1 aliphatic heterocycles. The Morgan fingerprint density at radius 1 is 1.09 bits per heavy atom. The molecule has 0 spiro atoms. The molecule has 2 amide bonds. The van der Waals surface area contributed by atoms with E-state index in [4.69, 9.17) is 23.2 Å². The van der Waals surface area contributed by atoms with E-state index in [1.165, 1.54) is 23.7 Å². The molecule has 11 heteroatoms. The van der Waals surface area contributed by atoms with Crippen LogP contribution in [-0.2, 0) is 6.42 Å². The molecule has 1 saturated heterocycles. The first-order chi connectivity index (χ1) is 16.0. The number of hydrogen-bond acceptors (Lipinski definition) is 6. The van der Waals surface area contributed by atoms with Gasteiger partial charge in [0, 0.05) is 62.2 Å². The third-order valence-corrected chi connectivity index (χ3v) is 6.63. The SMILES string of the molecule is O=C(NCCN1CCN(c2nc(Cc3ccc(F)cc3)ns2)CC1)Nc1ccc(Cl)cc1Cl. The van der Waals surface area contributed by atoms with Crippen molar-refractivity contribution in [3.63, 3.8) is 0 Å². The molecule has 0 bridgehead atoms. The van der Waals surface area contributed by atoms with Crippen LogP contribution in [0.4, 0.5) is 20.0 Å². The zero-order valence-corrected chi connectivity index (χ0v) is 20.1. The third kappa shape index (κ3) is 6.77. The molecule has 1 aliphatic rings. The van der Waals surface area contributed by atoms with Crippen molar-refractivity contribution in [2.45, 2.75) is 6.42 Å². The predicted octanol–water partition coefficient (Wildman–Crippen LogP) is 4.52. The van der Waals surface area contributed by atoms with Gasteiger partial charge in [0.15, 0.2) is 0 Å². The van der Waals surface area contributed by atoms with Crippen LogP contribution in [0.3, 0.4) is 0 Å². The zero-order chi connectivity index (χ0) is 23.2. The number of carbonyl (C=O) groups excluding carboxylic acids is 1. The van der Waals surface area contributed by atoms with Gasteiger partial charge in [-0.2, -0.15) is 4.37 Å². The molecule has 0 saturated carbocycles. The van der Waals surface area contributed by atoms with E-state index in [9.17, 15) is 9.18 Å². The largest absolute Gasteiger partial charge is 0.344 e. The summed E-state index contributed by atoms with van der Waals surface area (Å²) in [5.41, 5.74) is 1.50. The number of halogens is 3. The number of carbonyl (C=O) groups is 1. The minimum Gasteiger partial charge on any atom is -0.344 e. The van der Waals surface area contributed by atoms with Gasteiger partial charge in [-0.05, 0) is 35.9 Å². The van der Waals surface area contributed by atoms with Crippen LogP contribution in [0.5, 0.6) is 0 Å². The van der Waals surface area contributed by atoms with Crippen molar-refractivity contribution in [1.82, 2.24) is 19.6 Å². The lowest BCUT2D eigenvalue weighted by Gasteiger charge is -2.34. The maximum Gasteiger partial charge on any atom is 0.319 e.